The van der Waals surface area contributed by atoms with Gasteiger partial charge >= 0.3 is 0 Å². The Morgan fingerprint density at radius 2 is 2.12 bits per heavy atom. The first-order valence-electron chi connectivity index (χ1n) is 8.61. The van der Waals surface area contributed by atoms with Crippen LogP contribution >= 0.6 is 0 Å². The van der Waals surface area contributed by atoms with E-state index in [9.17, 15) is 4.79 Å². The largest absolute Gasteiger partial charge is 0.497 e. The van der Waals surface area contributed by atoms with Crippen molar-refractivity contribution in [1.82, 2.24) is 20.1 Å². The van der Waals surface area contributed by atoms with Crippen LogP contribution < -0.4 is 4.74 Å². The van der Waals surface area contributed by atoms with E-state index < -0.39 is 0 Å². The van der Waals surface area contributed by atoms with Gasteiger partial charge in [-0.2, -0.15) is 5.10 Å². The molecule has 26 heavy (non-hydrogen) atoms. The summed E-state index contributed by atoms with van der Waals surface area (Å²) in [6.45, 7) is 2.75. The molecule has 0 aliphatic carbocycles. The summed E-state index contributed by atoms with van der Waals surface area (Å²) in [6.07, 6.45) is 2.28. The van der Waals surface area contributed by atoms with Crippen molar-refractivity contribution in [3.05, 3.63) is 65.5 Å². The Morgan fingerprint density at radius 3 is 2.88 bits per heavy atom. The summed E-state index contributed by atoms with van der Waals surface area (Å²) < 4.78 is 5.35. The average Bonchev–Trinajstić information content (AvgIpc) is 3.22. The van der Waals surface area contributed by atoms with Crippen LogP contribution in [0.15, 0.2) is 48.8 Å². The molecule has 0 unspecified atom stereocenters. The maximum absolute atomic E-state index is 13.3. The third-order valence-electron chi connectivity index (χ3n) is 4.98. The second-order valence-electron chi connectivity index (χ2n) is 6.37. The SMILES string of the molecule is COc1ccc2c(c1)[C@@H](C)N(C(=O)c1ccccc1-c1ncn[nH]1)CC2. The van der Waals surface area contributed by atoms with Gasteiger partial charge in [-0.1, -0.05) is 24.3 Å². The van der Waals surface area contributed by atoms with Crippen molar-refractivity contribution < 1.29 is 9.53 Å². The Balaban J connectivity index is 1.70. The van der Waals surface area contributed by atoms with Crippen molar-refractivity contribution in [2.24, 2.45) is 0 Å². The van der Waals surface area contributed by atoms with Crippen LogP contribution in [0.5, 0.6) is 5.75 Å². The number of methoxy groups -OCH3 is 1. The number of hydrogen-bond acceptors (Lipinski definition) is 4. The maximum atomic E-state index is 13.3. The molecule has 0 fully saturated rings. The topological polar surface area (TPSA) is 71.1 Å². The highest BCUT2D eigenvalue weighted by molar-refractivity contribution is 6.00. The van der Waals surface area contributed by atoms with E-state index in [1.165, 1.54) is 11.9 Å². The highest BCUT2D eigenvalue weighted by atomic mass is 16.5. The lowest BCUT2D eigenvalue weighted by Gasteiger charge is -2.36. The van der Waals surface area contributed by atoms with Gasteiger partial charge in [0.05, 0.1) is 18.7 Å². The molecule has 6 heteroatoms. The van der Waals surface area contributed by atoms with Crippen molar-refractivity contribution >= 4 is 5.91 Å². The second kappa shape index (κ2) is 6.63. The van der Waals surface area contributed by atoms with E-state index in [0.717, 1.165) is 23.3 Å². The zero-order valence-corrected chi connectivity index (χ0v) is 14.8. The van der Waals surface area contributed by atoms with Gasteiger partial charge in [0.15, 0.2) is 5.82 Å². The monoisotopic (exact) mass is 348 g/mol. The van der Waals surface area contributed by atoms with Crippen LogP contribution in [0.25, 0.3) is 11.4 Å². The van der Waals surface area contributed by atoms with Crippen molar-refractivity contribution in [2.45, 2.75) is 19.4 Å². The van der Waals surface area contributed by atoms with E-state index in [-0.39, 0.29) is 11.9 Å². The van der Waals surface area contributed by atoms with Gasteiger partial charge in [-0.3, -0.25) is 9.89 Å². The quantitative estimate of drug-likeness (QED) is 0.789. The number of carbonyl (C=O) groups excluding carboxylic acids is 1. The molecule has 0 saturated carbocycles. The number of hydrogen-bond donors (Lipinski definition) is 1. The van der Waals surface area contributed by atoms with Crippen LogP contribution in [0.2, 0.25) is 0 Å². The fourth-order valence-corrected chi connectivity index (χ4v) is 3.56. The lowest BCUT2D eigenvalue weighted by molar-refractivity contribution is 0.0678. The number of fused-ring (bicyclic) bond motifs is 1. The third kappa shape index (κ3) is 2.73. The zero-order chi connectivity index (χ0) is 18.1. The standard InChI is InChI=1S/C20H20N4O2/c1-13-18-11-15(26-2)8-7-14(18)9-10-24(13)20(25)17-6-4-3-5-16(17)19-21-12-22-23-19/h3-8,11-13H,9-10H2,1-2H3,(H,21,22,23)/t13-/m1/s1. The number of nitrogens with zero attached hydrogens (tertiary/aromatic N) is 3. The van der Waals surface area contributed by atoms with E-state index >= 15 is 0 Å². The zero-order valence-electron chi connectivity index (χ0n) is 14.8. The molecule has 4 rings (SSSR count). The molecule has 1 aromatic heterocycles. The predicted molar refractivity (Wildman–Crippen MR) is 98.0 cm³/mol. The second-order valence-corrected chi connectivity index (χ2v) is 6.37. The summed E-state index contributed by atoms with van der Waals surface area (Å²) in [5, 5.41) is 6.75. The average molecular weight is 348 g/mol. The number of aromatic amines is 1. The van der Waals surface area contributed by atoms with Gasteiger partial charge in [0.2, 0.25) is 0 Å². The van der Waals surface area contributed by atoms with Crippen molar-refractivity contribution in [3.63, 3.8) is 0 Å². The number of carbonyl (C=O) groups is 1. The molecule has 0 radical (unpaired) electrons. The maximum Gasteiger partial charge on any atom is 0.255 e. The van der Waals surface area contributed by atoms with Crippen LogP contribution in [-0.4, -0.2) is 39.6 Å². The molecule has 3 aromatic rings. The molecular weight excluding hydrogens is 328 g/mol. The Labute approximate surface area is 151 Å². The van der Waals surface area contributed by atoms with Crippen LogP contribution in [0.4, 0.5) is 0 Å². The minimum atomic E-state index is -0.0240. The van der Waals surface area contributed by atoms with Crippen LogP contribution in [0.1, 0.15) is 34.5 Å². The first-order valence-corrected chi connectivity index (χ1v) is 8.61. The Morgan fingerprint density at radius 1 is 1.27 bits per heavy atom. The number of H-pyrrole nitrogens is 1. The number of amides is 1. The fraction of sp³-hybridized carbons (Fsp3) is 0.250. The van der Waals surface area contributed by atoms with E-state index in [2.05, 4.69) is 28.2 Å². The normalized spacial score (nSPS) is 16.2. The van der Waals surface area contributed by atoms with Gasteiger partial charge in [-0.05, 0) is 42.7 Å². The molecule has 1 amide bonds. The fourth-order valence-electron chi connectivity index (χ4n) is 3.56. The molecular formula is C20H20N4O2. The minimum absolute atomic E-state index is 0.00188. The third-order valence-corrected chi connectivity index (χ3v) is 4.98. The molecule has 2 heterocycles. The number of benzene rings is 2. The minimum Gasteiger partial charge on any atom is -0.497 e. The highest BCUT2D eigenvalue weighted by Gasteiger charge is 2.30. The lowest BCUT2D eigenvalue weighted by Crippen LogP contribution is -2.39. The Bertz CT molecular complexity index is 937. The van der Waals surface area contributed by atoms with Crippen LogP contribution in [0.3, 0.4) is 0 Å². The van der Waals surface area contributed by atoms with Gasteiger partial charge in [-0.15, -0.1) is 0 Å². The predicted octanol–water partition coefficient (Wildman–Crippen LogP) is 3.24. The Kier molecular flexibility index (Phi) is 4.16. The van der Waals surface area contributed by atoms with E-state index in [1.807, 2.05) is 41.3 Å². The van der Waals surface area contributed by atoms with E-state index in [4.69, 9.17) is 4.74 Å². The first kappa shape index (κ1) is 16.3. The van der Waals surface area contributed by atoms with Gasteiger partial charge in [0.25, 0.3) is 5.91 Å². The lowest BCUT2D eigenvalue weighted by atomic mass is 9.92. The summed E-state index contributed by atoms with van der Waals surface area (Å²) >= 11 is 0. The number of nitrogens with one attached hydrogen (secondary N) is 1. The molecule has 1 atom stereocenters. The molecule has 132 valence electrons. The molecule has 2 aromatic carbocycles. The molecule has 0 bridgehead atoms. The number of ether oxygens (including phenoxy) is 1. The van der Waals surface area contributed by atoms with Gasteiger partial charge in [0.1, 0.15) is 12.1 Å². The van der Waals surface area contributed by atoms with E-state index in [1.54, 1.807) is 7.11 Å². The van der Waals surface area contributed by atoms with Crippen molar-refractivity contribution in [1.29, 1.82) is 0 Å². The molecule has 1 aliphatic rings. The van der Waals surface area contributed by atoms with Crippen LogP contribution in [-0.2, 0) is 6.42 Å². The van der Waals surface area contributed by atoms with Crippen molar-refractivity contribution in [2.75, 3.05) is 13.7 Å². The van der Waals surface area contributed by atoms with Gasteiger partial charge in [-0.25, -0.2) is 4.98 Å². The number of rotatable bonds is 3. The van der Waals surface area contributed by atoms with Gasteiger partial charge in [0, 0.05) is 12.1 Å². The summed E-state index contributed by atoms with van der Waals surface area (Å²) in [5.41, 5.74) is 3.80. The Hall–Kier alpha value is -3.15. The van der Waals surface area contributed by atoms with E-state index in [0.29, 0.717) is 17.9 Å². The molecule has 1 aliphatic heterocycles. The summed E-state index contributed by atoms with van der Waals surface area (Å²) in [6, 6.07) is 13.6. The molecule has 0 saturated heterocycles. The van der Waals surface area contributed by atoms with Crippen molar-refractivity contribution in [3.8, 4) is 17.1 Å². The highest BCUT2D eigenvalue weighted by Crippen LogP contribution is 2.34. The number of aromatic nitrogens is 3. The molecule has 1 N–H and O–H groups in total. The summed E-state index contributed by atoms with van der Waals surface area (Å²) in [5.74, 6) is 1.41. The molecule has 6 nitrogen and oxygen atoms in total. The van der Waals surface area contributed by atoms with Crippen LogP contribution in [0, 0.1) is 0 Å². The summed E-state index contributed by atoms with van der Waals surface area (Å²) in [4.78, 5) is 19.4. The molecule has 0 spiro atoms. The van der Waals surface area contributed by atoms with Gasteiger partial charge < -0.3 is 9.64 Å². The first-order chi connectivity index (χ1) is 12.7. The smallest absolute Gasteiger partial charge is 0.255 e. The summed E-state index contributed by atoms with van der Waals surface area (Å²) in [7, 11) is 1.66.